The zero-order valence-electron chi connectivity index (χ0n) is 9.85. The van der Waals surface area contributed by atoms with Crippen molar-refractivity contribution >= 4 is 11.6 Å². The minimum Gasteiger partial charge on any atom is -0.317 e. The van der Waals surface area contributed by atoms with Gasteiger partial charge in [-0.3, -0.25) is 9.48 Å². The number of carbonyl (C=O) groups excluding carboxylic acids is 1. The number of amides is 1. The van der Waals surface area contributed by atoms with Gasteiger partial charge in [0.25, 0.3) is 5.91 Å². The van der Waals surface area contributed by atoms with Crippen LogP contribution in [0.3, 0.4) is 0 Å². The highest BCUT2D eigenvalue weighted by Crippen LogP contribution is 2.27. The van der Waals surface area contributed by atoms with Crippen molar-refractivity contribution in [2.75, 3.05) is 5.32 Å². The van der Waals surface area contributed by atoms with Gasteiger partial charge in [0.2, 0.25) is 5.82 Å². The number of aryl methyl sites for hydroxylation is 1. The van der Waals surface area contributed by atoms with E-state index in [1.165, 1.54) is 17.9 Å². The van der Waals surface area contributed by atoms with Gasteiger partial charge >= 0.3 is 0 Å². The molecule has 1 N–H and O–H groups in total. The SMILES string of the molecule is Cn1cc(C(=O)Nc2c(F)c(F)c(F)c(F)c2F)cn1. The molecule has 0 saturated carbocycles. The van der Waals surface area contributed by atoms with E-state index in [4.69, 9.17) is 0 Å². The summed E-state index contributed by atoms with van der Waals surface area (Å²) in [5, 5.41) is 5.26. The first-order valence-corrected chi connectivity index (χ1v) is 5.14. The summed E-state index contributed by atoms with van der Waals surface area (Å²) in [6.07, 6.45) is 2.28. The number of hydrogen-bond donors (Lipinski definition) is 1. The topological polar surface area (TPSA) is 46.9 Å². The average molecular weight is 291 g/mol. The molecule has 2 aromatic rings. The average Bonchev–Trinajstić information content (AvgIpc) is 2.85. The van der Waals surface area contributed by atoms with Gasteiger partial charge in [-0.15, -0.1) is 0 Å². The second-order valence-corrected chi connectivity index (χ2v) is 3.80. The number of anilines is 1. The van der Waals surface area contributed by atoms with Gasteiger partial charge in [0, 0.05) is 13.2 Å². The Bertz CT molecular complexity index is 669. The largest absolute Gasteiger partial charge is 0.317 e. The first-order chi connectivity index (χ1) is 9.32. The molecule has 0 bridgehead atoms. The van der Waals surface area contributed by atoms with E-state index in [0.29, 0.717) is 0 Å². The van der Waals surface area contributed by atoms with Crippen LogP contribution in [0.25, 0.3) is 0 Å². The van der Waals surface area contributed by atoms with Crippen LogP contribution in [0.15, 0.2) is 12.4 Å². The van der Waals surface area contributed by atoms with Crippen molar-refractivity contribution in [1.82, 2.24) is 9.78 Å². The third-order valence-corrected chi connectivity index (χ3v) is 2.42. The molecule has 1 amide bonds. The Morgan fingerprint density at radius 2 is 1.55 bits per heavy atom. The molecule has 1 heterocycles. The number of nitrogens with zero attached hydrogens (tertiary/aromatic N) is 2. The van der Waals surface area contributed by atoms with Gasteiger partial charge in [-0.05, 0) is 0 Å². The van der Waals surface area contributed by atoms with Crippen LogP contribution in [-0.4, -0.2) is 15.7 Å². The molecule has 1 aromatic carbocycles. The third kappa shape index (κ3) is 2.22. The molecule has 0 saturated heterocycles. The third-order valence-electron chi connectivity index (χ3n) is 2.42. The maximum atomic E-state index is 13.3. The molecule has 1 aromatic heterocycles. The Hall–Kier alpha value is -2.45. The summed E-state index contributed by atoms with van der Waals surface area (Å²) >= 11 is 0. The van der Waals surface area contributed by atoms with Crippen molar-refractivity contribution < 1.29 is 26.7 Å². The van der Waals surface area contributed by atoms with Crippen LogP contribution in [0.2, 0.25) is 0 Å². The molecular weight excluding hydrogens is 285 g/mol. The lowest BCUT2D eigenvalue weighted by atomic mass is 10.2. The molecule has 2 rings (SSSR count). The number of carbonyl (C=O) groups is 1. The van der Waals surface area contributed by atoms with E-state index in [2.05, 4.69) is 5.10 Å². The zero-order chi connectivity index (χ0) is 15.0. The van der Waals surface area contributed by atoms with E-state index in [1.807, 2.05) is 0 Å². The van der Waals surface area contributed by atoms with Crippen molar-refractivity contribution in [3.63, 3.8) is 0 Å². The minimum atomic E-state index is -2.29. The molecule has 0 spiro atoms. The molecule has 0 unspecified atom stereocenters. The van der Waals surface area contributed by atoms with Crippen molar-refractivity contribution in [3.8, 4) is 0 Å². The number of halogens is 5. The number of nitrogens with one attached hydrogen (secondary N) is 1. The molecule has 0 radical (unpaired) electrons. The van der Waals surface area contributed by atoms with Crippen LogP contribution in [0.1, 0.15) is 10.4 Å². The fourth-order valence-corrected chi connectivity index (χ4v) is 1.44. The van der Waals surface area contributed by atoms with E-state index in [1.54, 1.807) is 5.32 Å². The molecule has 0 aliphatic heterocycles. The van der Waals surface area contributed by atoms with Crippen LogP contribution in [0.5, 0.6) is 0 Å². The summed E-state index contributed by atoms with van der Waals surface area (Å²) in [5.74, 6) is -11.8. The number of hydrogen-bond acceptors (Lipinski definition) is 2. The van der Waals surface area contributed by atoms with Crippen molar-refractivity contribution in [2.45, 2.75) is 0 Å². The van der Waals surface area contributed by atoms with Crippen LogP contribution in [0, 0.1) is 29.1 Å². The maximum absolute atomic E-state index is 13.3. The second-order valence-electron chi connectivity index (χ2n) is 3.80. The number of benzene rings is 1. The smallest absolute Gasteiger partial charge is 0.259 e. The quantitative estimate of drug-likeness (QED) is 0.524. The highest BCUT2D eigenvalue weighted by atomic mass is 19.2. The molecule has 0 fully saturated rings. The summed E-state index contributed by atoms with van der Waals surface area (Å²) in [7, 11) is 1.48. The fourth-order valence-electron chi connectivity index (χ4n) is 1.44. The molecule has 0 aliphatic carbocycles. The summed E-state index contributed by atoms with van der Waals surface area (Å²) in [4.78, 5) is 11.6. The van der Waals surface area contributed by atoms with Gasteiger partial charge in [-0.25, -0.2) is 22.0 Å². The first-order valence-electron chi connectivity index (χ1n) is 5.14. The van der Waals surface area contributed by atoms with Crippen LogP contribution >= 0.6 is 0 Å². The standard InChI is InChI=1S/C11H6F5N3O/c1-19-3-4(2-17-19)11(20)18-10-8(15)6(13)5(12)7(14)9(10)16/h2-3H,1H3,(H,18,20). The van der Waals surface area contributed by atoms with Crippen molar-refractivity contribution in [3.05, 3.63) is 47.0 Å². The van der Waals surface area contributed by atoms with Gasteiger partial charge in [0.1, 0.15) is 5.69 Å². The van der Waals surface area contributed by atoms with Crippen molar-refractivity contribution in [1.29, 1.82) is 0 Å². The molecule has 4 nitrogen and oxygen atoms in total. The lowest BCUT2D eigenvalue weighted by Gasteiger charge is -2.08. The summed E-state index contributed by atoms with van der Waals surface area (Å²) in [6, 6.07) is 0. The minimum absolute atomic E-state index is 0.101. The Balaban J connectivity index is 2.42. The Morgan fingerprint density at radius 1 is 1.05 bits per heavy atom. The van der Waals surface area contributed by atoms with Gasteiger partial charge in [-0.2, -0.15) is 5.10 Å². The first kappa shape index (κ1) is 14.0. The maximum Gasteiger partial charge on any atom is 0.259 e. The lowest BCUT2D eigenvalue weighted by molar-refractivity contribution is 0.102. The summed E-state index contributed by atoms with van der Waals surface area (Å²) < 4.78 is 66.6. The monoisotopic (exact) mass is 291 g/mol. The highest BCUT2D eigenvalue weighted by molar-refractivity contribution is 6.04. The molecule has 20 heavy (non-hydrogen) atoms. The van der Waals surface area contributed by atoms with Gasteiger partial charge in [0.05, 0.1) is 11.8 Å². The van der Waals surface area contributed by atoms with Crippen LogP contribution < -0.4 is 5.32 Å². The highest BCUT2D eigenvalue weighted by Gasteiger charge is 2.27. The van der Waals surface area contributed by atoms with E-state index in [9.17, 15) is 26.7 Å². The normalized spacial score (nSPS) is 10.7. The van der Waals surface area contributed by atoms with Crippen LogP contribution in [0.4, 0.5) is 27.6 Å². The van der Waals surface area contributed by atoms with Gasteiger partial charge in [-0.1, -0.05) is 0 Å². The Morgan fingerprint density at radius 3 is 2.00 bits per heavy atom. The molecule has 106 valence electrons. The van der Waals surface area contributed by atoms with Crippen molar-refractivity contribution in [2.24, 2.45) is 7.05 Å². The predicted octanol–water partition coefficient (Wildman–Crippen LogP) is 2.37. The van der Waals surface area contributed by atoms with Crippen LogP contribution in [-0.2, 0) is 7.05 Å². The van der Waals surface area contributed by atoms with Gasteiger partial charge < -0.3 is 5.32 Å². The fraction of sp³-hybridized carbons (Fsp3) is 0.0909. The lowest BCUT2D eigenvalue weighted by Crippen LogP contribution is -2.16. The Labute approximate surface area is 108 Å². The molecule has 0 aliphatic rings. The second kappa shape index (κ2) is 4.91. The van der Waals surface area contributed by atoms with E-state index in [-0.39, 0.29) is 5.56 Å². The van der Waals surface area contributed by atoms with E-state index >= 15 is 0 Å². The predicted molar refractivity (Wildman–Crippen MR) is 57.4 cm³/mol. The van der Waals surface area contributed by atoms with E-state index in [0.717, 1.165) is 6.20 Å². The zero-order valence-corrected chi connectivity index (χ0v) is 9.85. The molecule has 9 heteroatoms. The summed E-state index contributed by atoms with van der Waals surface area (Å²) in [6.45, 7) is 0. The van der Waals surface area contributed by atoms with E-state index < -0.39 is 40.7 Å². The number of aromatic nitrogens is 2. The molecular formula is C11H6F5N3O. The number of rotatable bonds is 2. The molecule has 0 atom stereocenters. The Kier molecular flexibility index (Phi) is 3.43. The summed E-state index contributed by atoms with van der Waals surface area (Å²) in [5.41, 5.74) is -1.51. The van der Waals surface area contributed by atoms with Gasteiger partial charge in [0.15, 0.2) is 23.3 Å².